The Kier molecular flexibility index (Phi) is 4.70. The molecule has 86 valence electrons. The van der Waals surface area contributed by atoms with Crippen LogP contribution in [0.15, 0.2) is 29.3 Å². The molecule has 0 fully saturated rings. The first kappa shape index (κ1) is 12.4. The lowest BCUT2D eigenvalue weighted by Crippen LogP contribution is -2.18. The van der Waals surface area contributed by atoms with Gasteiger partial charge >= 0.3 is 5.97 Å². The van der Waals surface area contributed by atoms with E-state index in [9.17, 15) is 4.79 Å². The number of aryl methyl sites for hydroxylation is 1. The summed E-state index contributed by atoms with van der Waals surface area (Å²) in [6.45, 7) is 5.93. The minimum atomic E-state index is -0.443. The molecule has 0 aliphatic heterocycles. The Morgan fingerprint density at radius 2 is 2.06 bits per heavy atom. The highest BCUT2D eigenvalue weighted by Gasteiger charge is 2.10. The molecule has 1 aromatic rings. The second-order valence-corrected chi connectivity index (χ2v) is 3.62. The molecule has 0 aromatic heterocycles. The Hall–Kier alpha value is -1.64. The van der Waals surface area contributed by atoms with Gasteiger partial charge in [0.2, 0.25) is 0 Å². The van der Waals surface area contributed by atoms with Crippen LogP contribution in [0, 0.1) is 6.92 Å². The van der Waals surface area contributed by atoms with E-state index in [-0.39, 0.29) is 5.97 Å². The van der Waals surface area contributed by atoms with Crippen LogP contribution in [-0.4, -0.2) is 24.8 Å². The molecular weight excluding hydrogens is 202 g/mol. The Labute approximate surface area is 96.2 Å². The molecule has 1 rings (SSSR count). The summed E-state index contributed by atoms with van der Waals surface area (Å²) in [7, 11) is 0. The van der Waals surface area contributed by atoms with Gasteiger partial charge in [-0.3, -0.25) is 4.99 Å². The van der Waals surface area contributed by atoms with Crippen LogP contribution in [0.1, 0.15) is 25.0 Å². The highest BCUT2D eigenvalue weighted by atomic mass is 16.5. The van der Waals surface area contributed by atoms with E-state index in [1.165, 1.54) is 5.56 Å². The van der Waals surface area contributed by atoms with E-state index < -0.39 is 6.04 Å². The highest BCUT2D eigenvalue weighted by Crippen LogP contribution is 2.01. The number of ether oxygens (including phenoxy) is 1. The molecule has 0 bridgehead atoms. The number of benzene rings is 1. The maximum atomic E-state index is 11.3. The molecule has 3 heteroatoms. The third-order valence-corrected chi connectivity index (χ3v) is 2.15. The first-order valence-corrected chi connectivity index (χ1v) is 5.40. The molecule has 0 N–H and O–H groups in total. The van der Waals surface area contributed by atoms with Crippen LogP contribution >= 0.6 is 0 Å². The summed E-state index contributed by atoms with van der Waals surface area (Å²) in [4.78, 5) is 15.4. The lowest BCUT2D eigenvalue weighted by atomic mass is 10.2. The summed E-state index contributed by atoms with van der Waals surface area (Å²) in [5, 5.41) is 0. The average Bonchev–Trinajstić information content (AvgIpc) is 2.28. The molecule has 0 spiro atoms. The van der Waals surface area contributed by atoms with Crippen molar-refractivity contribution in [3.8, 4) is 0 Å². The summed E-state index contributed by atoms with van der Waals surface area (Å²) < 4.78 is 4.86. The van der Waals surface area contributed by atoms with Gasteiger partial charge in [-0.2, -0.15) is 0 Å². The molecule has 1 atom stereocenters. The van der Waals surface area contributed by atoms with E-state index in [2.05, 4.69) is 4.99 Å². The van der Waals surface area contributed by atoms with Crippen molar-refractivity contribution in [3.05, 3.63) is 35.4 Å². The van der Waals surface area contributed by atoms with Crippen molar-refractivity contribution in [1.82, 2.24) is 0 Å². The molecule has 0 saturated heterocycles. The monoisotopic (exact) mass is 219 g/mol. The fraction of sp³-hybridized carbons (Fsp3) is 0.385. The van der Waals surface area contributed by atoms with Crippen LogP contribution in [0.5, 0.6) is 0 Å². The van der Waals surface area contributed by atoms with Crippen molar-refractivity contribution in [2.45, 2.75) is 26.8 Å². The number of esters is 1. The molecule has 0 aliphatic rings. The van der Waals surface area contributed by atoms with Gasteiger partial charge in [-0.15, -0.1) is 0 Å². The van der Waals surface area contributed by atoms with Crippen molar-refractivity contribution < 1.29 is 9.53 Å². The van der Waals surface area contributed by atoms with Crippen LogP contribution in [0.25, 0.3) is 0 Å². The predicted molar refractivity (Wildman–Crippen MR) is 64.9 cm³/mol. The van der Waals surface area contributed by atoms with Gasteiger partial charge in [-0.05, 0) is 26.3 Å². The summed E-state index contributed by atoms with van der Waals surface area (Å²) in [6, 6.07) is 7.52. The van der Waals surface area contributed by atoms with E-state index in [1.807, 2.05) is 31.2 Å². The number of carbonyl (C=O) groups excluding carboxylic acids is 1. The van der Waals surface area contributed by atoms with Crippen molar-refractivity contribution >= 4 is 12.2 Å². The largest absolute Gasteiger partial charge is 0.464 e. The van der Waals surface area contributed by atoms with Crippen LogP contribution in [-0.2, 0) is 9.53 Å². The van der Waals surface area contributed by atoms with E-state index in [0.717, 1.165) is 5.56 Å². The Morgan fingerprint density at radius 1 is 1.44 bits per heavy atom. The second kappa shape index (κ2) is 6.05. The van der Waals surface area contributed by atoms with Crippen molar-refractivity contribution in [3.63, 3.8) is 0 Å². The third kappa shape index (κ3) is 3.85. The molecule has 0 aliphatic carbocycles. The molecule has 0 heterocycles. The fourth-order valence-corrected chi connectivity index (χ4v) is 1.17. The van der Waals surface area contributed by atoms with E-state index in [1.54, 1.807) is 20.1 Å². The van der Waals surface area contributed by atoms with Crippen LogP contribution in [0.3, 0.4) is 0 Å². The molecule has 0 saturated carbocycles. The number of rotatable bonds is 4. The van der Waals surface area contributed by atoms with Crippen molar-refractivity contribution in [2.24, 2.45) is 4.99 Å². The summed E-state index contributed by atoms with van der Waals surface area (Å²) in [5.74, 6) is -0.286. The Bertz CT molecular complexity index is 368. The topological polar surface area (TPSA) is 38.7 Å². The van der Waals surface area contributed by atoms with Gasteiger partial charge in [0.05, 0.1) is 6.61 Å². The SMILES string of the molecule is CCOC(=O)[C@H](C)N=Cc1ccc(C)cc1. The number of hydrogen-bond acceptors (Lipinski definition) is 3. The fourth-order valence-electron chi connectivity index (χ4n) is 1.17. The molecule has 0 amide bonds. The summed E-state index contributed by atoms with van der Waals surface area (Å²) in [6.07, 6.45) is 1.70. The maximum absolute atomic E-state index is 11.3. The molecule has 0 radical (unpaired) electrons. The lowest BCUT2D eigenvalue weighted by Gasteiger charge is -2.04. The number of nitrogens with zero attached hydrogens (tertiary/aromatic N) is 1. The normalized spacial score (nSPS) is 12.7. The quantitative estimate of drug-likeness (QED) is 0.576. The predicted octanol–water partition coefficient (Wildman–Crippen LogP) is 2.37. The molecule has 3 nitrogen and oxygen atoms in total. The molecule has 0 unspecified atom stereocenters. The highest BCUT2D eigenvalue weighted by molar-refractivity contribution is 5.83. The van der Waals surface area contributed by atoms with Gasteiger partial charge in [0.15, 0.2) is 0 Å². The minimum absolute atomic E-state index is 0.286. The van der Waals surface area contributed by atoms with Gasteiger partial charge in [0.1, 0.15) is 6.04 Å². The zero-order valence-electron chi connectivity index (χ0n) is 9.93. The average molecular weight is 219 g/mol. The van der Waals surface area contributed by atoms with Crippen molar-refractivity contribution in [1.29, 1.82) is 0 Å². The Morgan fingerprint density at radius 3 is 2.62 bits per heavy atom. The first-order valence-electron chi connectivity index (χ1n) is 5.40. The molecular formula is C13H17NO2. The minimum Gasteiger partial charge on any atom is -0.464 e. The van der Waals surface area contributed by atoms with Crippen LogP contribution in [0.4, 0.5) is 0 Å². The maximum Gasteiger partial charge on any atom is 0.330 e. The second-order valence-electron chi connectivity index (χ2n) is 3.62. The number of aliphatic imine (C=N–C) groups is 1. The zero-order chi connectivity index (χ0) is 12.0. The standard InChI is InChI=1S/C13H17NO2/c1-4-16-13(15)11(3)14-9-12-7-5-10(2)6-8-12/h5-9,11H,4H2,1-3H3/t11-/m0/s1. The molecule has 1 aromatic carbocycles. The summed E-state index contributed by atoms with van der Waals surface area (Å²) in [5.41, 5.74) is 2.19. The van der Waals surface area contributed by atoms with E-state index >= 15 is 0 Å². The van der Waals surface area contributed by atoms with Crippen LogP contribution in [0.2, 0.25) is 0 Å². The van der Waals surface area contributed by atoms with E-state index in [4.69, 9.17) is 4.74 Å². The molecule has 16 heavy (non-hydrogen) atoms. The van der Waals surface area contributed by atoms with E-state index in [0.29, 0.717) is 6.61 Å². The van der Waals surface area contributed by atoms with Gasteiger partial charge in [0.25, 0.3) is 0 Å². The van der Waals surface area contributed by atoms with Crippen LogP contribution < -0.4 is 0 Å². The van der Waals surface area contributed by atoms with Gasteiger partial charge in [-0.1, -0.05) is 29.8 Å². The van der Waals surface area contributed by atoms with Gasteiger partial charge in [-0.25, -0.2) is 4.79 Å². The number of hydrogen-bond donors (Lipinski definition) is 0. The van der Waals surface area contributed by atoms with Gasteiger partial charge < -0.3 is 4.74 Å². The zero-order valence-corrected chi connectivity index (χ0v) is 9.93. The summed E-state index contributed by atoms with van der Waals surface area (Å²) >= 11 is 0. The smallest absolute Gasteiger partial charge is 0.330 e. The first-order chi connectivity index (χ1) is 7.63. The Balaban J connectivity index is 2.59. The van der Waals surface area contributed by atoms with Crippen molar-refractivity contribution in [2.75, 3.05) is 6.61 Å². The third-order valence-electron chi connectivity index (χ3n) is 2.15. The lowest BCUT2D eigenvalue weighted by molar-refractivity contribution is -0.144. The number of carbonyl (C=O) groups is 1. The van der Waals surface area contributed by atoms with Gasteiger partial charge in [0, 0.05) is 6.21 Å².